The van der Waals surface area contributed by atoms with Crippen molar-refractivity contribution in [2.24, 2.45) is 0 Å². The summed E-state index contributed by atoms with van der Waals surface area (Å²) in [6.07, 6.45) is 0. The molecule has 1 aliphatic heterocycles. The molecule has 2 rings (SSSR count). The van der Waals surface area contributed by atoms with Crippen LogP contribution >= 0.6 is 7.60 Å². The molecule has 1 fully saturated rings. The fraction of sp³-hybridized carbons (Fsp3) is 0.538. The summed E-state index contributed by atoms with van der Waals surface area (Å²) in [6, 6.07) is 8.79. The molecule has 18 heavy (non-hydrogen) atoms. The van der Waals surface area contributed by atoms with E-state index in [1.54, 1.807) is 24.3 Å². The van der Waals surface area contributed by atoms with Crippen LogP contribution in [0.15, 0.2) is 30.3 Å². The molecule has 0 spiro atoms. The minimum absolute atomic E-state index is 0.536. The lowest BCUT2D eigenvalue weighted by Gasteiger charge is -2.29. The van der Waals surface area contributed by atoms with Crippen molar-refractivity contribution in [1.82, 2.24) is 0 Å². The van der Waals surface area contributed by atoms with Gasteiger partial charge < -0.3 is 5.11 Å². The fourth-order valence-corrected chi connectivity index (χ4v) is 4.27. The lowest BCUT2D eigenvalue weighted by Crippen LogP contribution is -2.41. The number of hydrogen-bond donors (Lipinski definition) is 1. The maximum atomic E-state index is 12.7. The van der Waals surface area contributed by atoms with E-state index in [0.29, 0.717) is 5.56 Å². The Hall–Kier alpha value is -0.670. The third-order valence-corrected chi connectivity index (χ3v) is 5.88. The molecular formula is C13H19O4P. The maximum absolute atomic E-state index is 12.7. The third-order valence-electron chi connectivity index (χ3n) is 3.56. The molecule has 4 nitrogen and oxygen atoms in total. The second-order valence-corrected chi connectivity index (χ2v) is 7.46. The van der Waals surface area contributed by atoms with Crippen LogP contribution in [0.3, 0.4) is 0 Å². The molecule has 100 valence electrons. The van der Waals surface area contributed by atoms with Gasteiger partial charge in [-0.1, -0.05) is 30.3 Å². The molecule has 0 aromatic heterocycles. The quantitative estimate of drug-likeness (QED) is 0.836. The smallest absolute Gasteiger partial charge is 0.364 e. The van der Waals surface area contributed by atoms with Crippen molar-refractivity contribution >= 4 is 7.60 Å². The van der Waals surface area contributed by atoms with Crippen LogP contribution in [0.4, 0.5) is 0 Å². The van der Waals surface area contributed by atoms with Crippen molar-refractivity contribution in [1.29, 1.82) is 0 Å². The molecule has 0 amide bonds. The Kier molecular flexibility index (Phi) is 3.19. The van der Waals surface area contributed by atoms with E-state index in [1.807, 2.05) is 33.8 Å². The summed E-state index contributed by atoms with van der Waals surface area (Å²) in [5.41, 5.74) is -0.884. The fourth-order valence-electron chi connectivity index (χ4n) is 1.78. The summed E-state index contributed by atoms with van der Waals surface area (Å²) in [4.78, 5) is 0. The van der Waals surface area contributed by atoms with Crippen LogP contribution in [0.5, 0.6) is 0 Å². The Labute approximate surface area is 107 Å². The van der Waals surface area contributed by atoms with E-state index in [0.717, 1.165) is 0 Å². The van der Waals surface area contributed by atoms with Crippen LogP contribution in [0.1, 0.15) is 39.1 Å². The molecule has 0 unspecified atom stereocenters. The molecule has 1 aromatic rings. The van der Waals surface area contributed by atoms with Gasteiger partial charge in [-0.05, 0) is 33.3 Å². The number of aliphatic hydroxyl groups is 1. The van der Waals surface area contributed by atoms with E-state index >= 15 is 0 Å². The first kappa shape index (κ1) is 13.8. The highest BCUT2D eigenvalue weighted by atomic mass is 31.2. The van der Waals surface area contributed by atoms with Gasteiger partial charge in [0.1, 0.15) is 11.2 Å². The van der Waals surface area contributed by atoms with Crippen LogP contribution in [-0.4, -0.2) is 16.3 Å². The van der Waals surface area contributed by atoms with E-state index < -0.39 is 24.6 Å². The second kappa shape index (κ2) is 4.17. The average Bonchev–Trinajstić information content (AvgIpc) is 2.44. The lowest BCUT2D eigenvalue weighted by molar-refractivity contribution is 0.00578. The number of rotatable bonds is 2. The molecule has 0 aliphatic carbocycles. The Morgan fingerprint density at radius 1 is 1.06 bits per heavy atom. The molecule has 0 bridgehead atoms. The van der Waals surface area contributed by atoms with Crippen molar-refractivity contribution < 1.29 is 18.7 Å². The molecule has 1 N–H and O–H groups in total. The van der Waals surface area contributed by atoms with Gasteiger partial charge in [-0.25, -0.2) is 0 Å². The zero-order chi connectivity index (χ0) is 13.6. The predicted octanol–water partition coefficient (Wildman–Crippen LogP) is 3.47. The first-order chi connectivity index (χ1) is 8.18. The molecule has 1 atom stereocenters. The van der Waals surface area contributed by atoms with Gasteiger partial charge in [0, 0.05) is 0 Å². The highest BCUT2D eigenvalue weighted by Crippen LogP contribution is 2.70. The van der Waals surface area contributed by atoms with Gasteiger partial charge in [0.15, 0.2) is 5.85 Å². The van der Waals surface area contributed by atoms with Gasteiger partial charge in [0.25, 0.3) is 0 Å². The molecule has 0 radical (unpaired) electrons. The van der Waals surface area contributed by atoms with Gasteiger partial charge in [0.05, 0.1) is 0 Å². The first-order valence-corrected chi connectivity index (χ1v) is 7.53. The van der Waals surface area contributed by atoms with Crippen molar-refractivity contribution in [2.45, 2.75) is 44.7 Å². The standard InChI is InChI=1S/C13H19O4P/c1-12(2)13(3,4)17-18(15,16-12)11(14)10-8-6-5-7-9-10/h5-9,11,14H,1-4H3/t11-/m0/s1. The molecule has 0 saturated carbocycles. The summed E-state index contributed by atoms with van der Waals surface area (Å²) in [5.74, 6) is -1.25. The highest BCUT2D eigenvalue weighted by molar-refractivity contribution is 7.54. The summed E-state index contributed by atoms with van der Waals surface area (Å²) in [5, 5.41) is 10.2. The topological polar surface area (TPSA) is 55.8 Å². The molecule has 1 aliphatic rings. The largest absolute Gasteiger partial charge is 0.376 e. The Morgan fingerprint density at radius 3 is 1.94 bits per heavy atom. The van der Waals surface area contributed by atoms with Gasteiger partial charge in [0.2, 0.25) is 0 Å². The van der Waals surface area contributed by atoms with Crippen LogP contribution in [0.25, 0.3) is 0 Å². The van der Waals surface area contributed by atoms with Crippen molar-refractivity contribution in [2.75, 3.05) is 0 Å². The van der Waals surface area contributed by atoms with E-state index in [2.05, 4.69) is 0 Å². The van der Waals surface area contributed by atoms with Crippen LogP contribution < -0.4 is 0 Å². The summed E-state index contributed by atoms with van der Waals surface area (Å²) in [7, 11) is -3.57. The van der Waals surface area contributed by atoms with Crippen molar-refractivity contribution in [3.63, 3.8) is 0 Å². The molecule has 1 saturated heterocycles. The zero-order valence-corrected chi connectivity index (χ0v) is 12.0. The summed E-state index contributed by atoms with van der Waals surface area (Å²) < 4.78 is 23.8. The zero-order valence-electron chi connectivity index (χ0n) is 11.1. The van der Waals surface area contributed by atoms with Gasteiger partial charge in [-0.3, -0.25) is 13.6 Å². The maximum Gasteiger partial charge on any atom is 0.364 e. The van der Waals surface area contributed by atoms with Gasteiger partial charge >= 0.3 is 7.60 Å². The Balaban J connectivity index is 2.33. The lowest BCUT2D eigenvalue weighted by atomic mass is 9.90. The Bertz CT molecular complexity index is 461. The SMILES string of the molecule is CC1(C)OP(=O)([C@H](O)c2ccccc2)OC1(C)C. The number of hydrogen-bond acceptors (Lipinski definition) is 4. The van der Waals surface area contributed by atoms with Crippen molar-refractivity contribution in [3.05, 3.63) is 35.9 Å². The number of aliphatic hydroxyl groups excluding tert-OH is 1. The molecule has 1 heterocycles. The molecular weight excluding hydrogens is 251 g/mol. The molecule has 1 aromatic carbocycles. The van der Waals surface area contributed by atoms with Crippen LogP contribution in [0.2, 0.25) is 0 Å². The van der Waals surface area contributed by atoms with E-state index in [4.69, 9.17) is 9.05 Å². The van der Waals surface area contributed by atoms with E-state index in [1.165, 1.54) is 0 Å². The minimum Gasteiger partial charge on any atom is -0.376 e. The predicted molar refractivity (Wildman–Crippen MR) is 69.3 cm³/mol. The van der Waals surface area contributed by atoms with E-state index in [9.17, 15) is 9.67 Å². The van der Waals surface area contributed by atoms with Gasteiger partial charge in [-0.2, -0.15) is 0 Å². The second-order valence-electron chi connectivity index (χ2n) is 5.53. The summed E-state index contributed by atoms with van der Waals surface area (Å²) in [6.45, 7) is 7.24. The normalized spacial score (nSPS) is 25.8. The molecule has 5 heteroatoms. The highest BCUT2D eigenvalue weighted by Gasteiger charge is 2.58. The van der Waals surface area contributed by atoms with Crippen LogP contribution in [-0.2, 0) is 13.6 Å². The average molecular weight is 270 g/mol. The van der Waals surface area contributed by atoms with Crippen LogP contribution in [0, 0.1) is 0 Å². The third kappa shape index (κ3) is 2.14. The van der Waals surface area contributed by atoms with E-state index in [-0.39, 0.29) is 0 Å². The minimum atomic E-state index is -3.57. The summed E-state index contributed by atoms with van der Waals surface area (Å²) >= 11 is 0. The number of benzene rings is 1. The Morgan fingerprint density at radius 2 is 1.50 bits per heavy atom. The van der Waals surface area contributed by atoms with Crippen molar-refractivity contribution in [3.8, 4) is 0 Å². The van der Waals surface area contributed by atoms with Gasteiger partial charge in [-0.15, -0.1) is 0 Å². The monoisotopic (exact) mass is 270 g/mol. The first-order valence-electron chi connectivity index (χ1n) is 5.92.